The number of aliphatic carboxylic acids is 1. The fraction of sp³-hybridized carbons (Fsp3) is 0.467. The van der Waals surface area contributed by atoms with Crippen LogP contribution in [0.4, 0.5) is 5.69 Å². The van der Waals surface area contributed by atoms with Gasteiger partial charge in [-0.3, -0.25) is 9.59 Å². The summed E-state index contributed by atoms with van der Waals surface area (Å²) in [5, 5.41) is 14.7. The predicted octanol–water partition coefficient (Wildman–Crippen LogP) is 2.03. The van der Waals surface area contributed by atoms with Gasteiger partial charge in [0.25, 0.3) is 0 Å². The van der Waals surface area contributed by atoms with Gasteiger partial charge in [0.15, 0.2) is 0 Å². The molecule has 0 heterocycles. The van der Waals surface area contributed by atoms with Crippen LogP contribution in [0.5, 0.6) is 0 Å². The Morgan fingerprint density at radius 3 is 2.25 bits per heavy atom. The number of anilines is 1. The molecule has 0 saturated carbocycles. The summed E-state index contributed by atoms with van der Waals surface area (Å²) in [5.74, 6) is -0.928. The van der Waals surface area contributed by atoms with Crippen LogP contribution >= 0.6 is 0 Å². The molecular weight excluding hydrogens is 256 g/mol. The highest BCUT2D eigenvalue weighted by Crippen LogP contribution is 2.10. The lowest BCUT2D eigenvalue weighted by atomic mass is 10.1. The number of carbonyl (C=O) groups excluding carboxylic acids is 1. The van der Waals surface area contributed by atoms with E-state index in [1.165, 1.54) is 0 Å². The predicted molar refractivity (Wildman–Crippen MR) is 78.8 cm³/mol. The third-order valence-electron chi connectivity index (χ3n) is 2.60. The molecule has 1 aromatic carbocycles. The van der Waals surface area contributed by atoms with E-state index in [1.54, 1.807) is 24.3 Å². The normalized spacial score (nSPS) is 11.2. The van der Waals surface area contributed by atoms with E-state index in [9.17, 15) is 9.59 Å². The molecular formula is C15H22N2O3. The molecule has 1 amide bonds. The molecule has 0 spiro atoms. The average molecular weight is 278 g/mol. The maximum atomic E-state index is 11.7. The number of carboxylic acids is 1. The molecule has 0 radical (unpaired) electrons. The molecule has 20 heavy (non-hydrogen) atoms. The molecule has 0 saturated heterocycles. The summed E-state index contributed by atoms with van der Waals surface area (Å²) in [5.41, 5.74) is 1.39. The van der Waals surface area contributed by atoms with Crippen molar-refractivity contribution in [2.24, 2.45) is 0 Å². The number of amides is 1. The zero-order valence-electron chi connectivity index (χ0n) is 12.2. The fourth-order valence-electron chi connectivity index (χ4n) is 1.66. The number of hydrogen-bond acceptors (Lipinski definition) is 3. The van der Waals surface area contributed by atoms with Gasteiger partial charge in [0.05, 0.1) is 6.42 Å². The largest absolute Gasteiger partial charge is 0.481 e. The summed E-state index contributed by atoms with van der Waals surface area (Å²) in [6, 6.07) is 6.84. The molecule has 5 heteroatoms. The molecule has 0 aliphatic heterocycles. The number of hydrogen-bond donors (Lipinski definition) is 3. The molecule has 0 bridgehead atoms. The van der Waals surface area contributed by atoms with E-state index in [-0.39, 0.29) is 17.9 Å². The number of benzene rings is 1. The first kappa shape index (κ1) is 16.2. The lowest BCUT2D eigenvalue weighted by Crippen LogP contribution is -2.37. The Balaban J connectivity index is 2.40. The van der Waals surface area contributed by atoms with Gasteiger partial charge in [0, 0.05) is 24.2 Å². The number of rotatable bonds is 6. The van der Waals surface area contributed by atoms with Gasteiger partial charge in [-0.1, -0.05) is 12.1 Å². The molecule has 0 fully saturated rings. The SMILES string of the molecule is CC(C)(C)NCCC(=O)Nc1ccc(CC(=O)O)cc1. The highest BCUT2D eigenvalue weighted by Gasteiger charge is 2.09. The van der Waals surface area contributed by atoms with Crippen molar-refractivity contribution in [1.82, 2.24) is 5.32 Å². The zero-order valence-corrected chi connectivity index (χ0v) is 12.2. The van der Waals surface area contributed by atoms with Crippen molar-refractivity contribution in [1.29, 1.82) is 0 Å². The van der Waals surface area contributed by atoms with Crippen molar-refractivity contribution < 1.29 is 14.7 Å². The maximum absolute atomic E-state index is 11.7. The summed E-state index contributed by atoms with van der Waals surface area (Å²) in [7, 11) is 0. The van der Waals surface area contributed by atoms with Gasteiger partial charge in [0.1, 0.15) is 0 Å². The Morgan fingerprint density at radius 2 is 1.75 bits per heavy atom. The monoisotopic (exact) mass is 278 g/mol. The number of nitrogens with one attached hydrogen (secondary N) is 2. The van der Waals surface area contributed by atoms with Crippen LogP contribution in [0.2, 0.25) is 0 Å². The maximum Gasteiger partial charge on any atom is 0.307 e. The third-order valence-corrected chi connectivity index (χ3v) is 2.60. The van der Waals surface area contributed by atoms with E-state index in [0.29, 0.717) is 24.2 Å². The smallest absolute Gasteiger partial charge is 0.307 e. The molecule has 1 rings (SSSR count). The Morgan fingerprint density at radius 1 is 1.15 bits per heavy atom. The van der Waals surface area contributed by atoms with Gasteiger partial charge in [-0.25, -0.2) is 0 Å². The van der Waals surface area contributed by atoms with Crippen molar-refractivity contribution in [3.8, 4) is 0 Å². The van der Waals surface area contributed by atoms with Crippen molar-refractivity contribution in [3.63, 3.8) is 0 Å². The third kappa shape index (κ3) is 6.89. The van der Waals surface area contributed by atoms with Crippen molar-refractivity contribution >= 4 is 17.6 Å². The van der Waals surface area contributed by atoms with Gasteiger partial charge in [-0.05, 0) is 38.5 Å². The molecule has 5 nitrogen and oxygen atoms in total. The van der Waals surface area contributed by atoms with Crippen LogP contribution < -0.4 is 10.6 Å². The van der Waals surface area contributed by atoms with Crippen LogP contribution in [0, 0.1) is 0 Å². The Hall–Kier alpha value is -1.88. The van der Waals surface area contributed by atoms with E-state index in [1.807, 2.05) is 20.8 Å². The standard InChI is InChI=1S/C15H22N2O3/c1-15(2,3)16-9-8-13(18)17-12-6-4-11(5-7-12)10-14(19)20/h4-7,16H,8-10H2,1-3H3,(H,17,18)(H,19,20). The number of carbonyl (C=O) groups is 2. The van der Waals surface area contributed by atoms with Gasteiger partial charge < -0.3 is 15.7 Å². The van der Waals surface area contributed by atoms with Crippen molar-refractivity contribution in [2.75, 3.05) is 11.9 Å². The highest BCUT2D eigenvalue weighted by molar-refractivity contribution is 5.90. The molecule has 0 aromatic heterocycles. The number of carboxylic acid groups (broad SMARTS) is 1. The van der Waals surface area contributed by atoms with Crippen molar-refractivity contribution in [2.45, 2.75) is 39.2 Å². The zero-order chi connectivity index (χ0) is 15.2. The van der Waals surface area contributed by atoms with Crippen LogP contribution in [0.3, 0.4) is 0 Å². The average Bonchev–Trinajstić information content (AvgIpc) is 2.29. The van der Waals surface area contributed by atoms with Gasteiger partial charge in [-0.2, -0.15) is 0 Å². The minimum atomic E-state index is -0.866. The first-order valence-electron chi connectivity index (χ1n) is 6.62. The van der Waals surface area contributed by atoms with Crippen LogP contribution in [0.25, 0.3) is 0 Å². The highest BCUT2D eigenvalue weighted by atomic mass is 16.4. The van der Waals surface area contributed by atoms with Crippen molar-refractivity contribution in [3.05, 3.63) is 29.8 Å². The Bertz CT molecular complexity index is 461. The van der Waals surface area contributed by atoms with E-state index in [2.05, 4.69) is 10.6 Å². The van der Waals surface area contributed by atoms with Gasteiger partial charge in [-0.15, -0.1) is 0 Å². The quantitative estimate of drug-likeness (QED) is 0.744. The molecule has 0 atom stereocenters. The van der Waals surface area contributed by atoms with Gasteiger partial charge >= 0.3 is 5.97 Å². The second-order valence-electron chi connectivity index (χ2n) is 5.74. The van der Waals surface area contributed by atoms with Gasteiger partial charge in [0.2, 0.25) is 5.91 Å². The van der Waals surface area contributed by atoms with E-state index in [4.69, 9.17) is 5.11 Å². The molecule has 0 aliphatic carbocycles. The van der Waals surface area contributed by atoms with Crippen LogP contribution in [-0.2, 0) is 16.0 Å². The van der Waals surface area contributed by atoms with E-state index < -0.39 is 5.97 Å². The summed E-state index contributed by atoms with van der Waals surface area (Å²) in [6.07, 6.45) is 0.387. The minimum Gasteiger partial charge on any atom is -0.481 e. The first-order chi connectivity index (χ1) is 9.26. The van der Waals surface area contributed by atoms with Crippen LogP contribution in [0.1, 0.15) is 32.8 Å². The Labute approximate surface area is 119 Å². The molecule has 1 aromatic rings. The van der Waals surface area contributed by atoms with Crippen LogP contribution in [0.15, 0.2) is 24.3 Å². The Kier molecular flexibility index (Phi) is 5.70. The summed E-state index contributed by atoms with van der Waals surface area (Å²) in [4.78, 5) is 22.3. The molecule has 110 valence electrons. The second-order valence-corrected chi connectivity index (χ2v) is 5.74. The molecule has 0 unspecified atom stereocenters. The van der Waals surface area contributed by atoms with Crippen LogP contribution in [-0.4, -0.2) is 29.1 Å². The first-order valence-corrected chi connectivity index (χ1v) is 6.62. The minimum absolute atomic E-state index is 0.00123. The summed E-state index contributed by atoms with van der Waals surface area (Å²) < 4.78 is 0. The lowest BCUT2D eigenvalue weighted by Gasteiger charge is -2.20. The topological polar surface area (TPSA) is 78.4 Å². The molecule has 3 N–H and O–H groups in total. The second kappa shape index (κ2) is 7.05. The molecule has 0 aliphatic rings. The summed E-state index contributed by atoms with van der Waals surface area (Å²) in [6.45, 7) is 6.76. The fourth-order valence-corrected chi connectivity index (χ4v) is 1.66. The lowest BCUT2D eigenvalue weighted by molar-refractivity contribution is -0.136. The van der Waals surface area contributed by atoms with E-state index in [0.717, 1.165) is 0 Å². The summed E-state index contributed by atoms with van der Waals surface area (Å²) >= 11 is 0. The van der Waals surface area contributed by atoms with E-state index >= 15 is 0 Å².